The van der Waals surface area contributed by atoms with E-state index in [4.69, 9.17) is 0 Å². The molecule has 0 saturated heterocycles. The fraction of sp³-hybridized carbons (Fsp3) is 0.455. The van der Waals surface area contributed by atoms with Crippen molar-refractivity contribution in [1.29, 1.82) is 0 Å². The predicted molar refractivity (Wildman–Crippen MR) is 59.8 cm³/mol. The minimum atomic E-state index is 0.0858. The summed E-state index contributed by atoms with van der Waals surface area (Å²) in [6.07, 6.45) is 6.64. The molecule has 2 aromatic heterocycles. The molecule has 1 N–H and O–H groups in total. The van der Waals surface area contributed by atoms with Gasteiger partial charge in [-0.3, -0.25) is 0 Å². The average Bonchev–Trinajstić information content (AvgIpc) is 2.64. The van der Waals surface area contributed by atoms with Crippen molar-refractivity contribution in [2.45, 2.75) is 25.8 Å². The first kappa shape index (κ1) is 10.1. The van der Waals surface area contributed by atoms with E-state index in [2.05, 4.69) is 29.2 Å². The molecule has 0 bridgehead atoms. The lowest BCUT2D eigenvalue weighted by molar-refractivity contribution is 0.421. The second-order valence-corrected chi connectivity index (χ2v) is 4.41. The molecule has 0 aliphatic rings. The molecule has 0 atom stereocenters. The molecule has 80 valence electrons. The zero-order valence-electron chi connectivity index (χ0n) is 9.36. The molecule has 0 aliphatic carbocycles. The molecule has 2 rings (SSSR count). The van der Waals surface area contributed by atoms with E-state index in [1.165, 1.54) is 5.56 Å². The Morgan fingerprint density at radius 2 is 2.27 bits per heavy atom. The lowest BCUT2D eigenvalue weighted by atomic mass is 9.97. The maximum atomic E-state index is 4.33. The van der Waals surface area contributed by atoms with Crippen LogP contribution in [0.1, 0.15) is 19.4 Å². The first-order chi connectivity index (χ1) is 7.11. The van der Waals surface area contributed by atoms with Crippen molar-refractivity contribution in [2.24, 2.45) is 0 Å². The molecular formula is C11H16N4. The number of nitrogens with one attached hydrogen (secondary N) is 1. The Bertz CT molecular complexity index is 458. The molecule has 0 aromatic carbocycles. The van der Waals surface area contributed by atoms with E-state index in [-0.39, 0.29) is 5.54 Å². The van der Waals surface area contributed by atoms with Gasteiger partial charge in [0.2, 0.25) is 0 Å². The topological polar surface area (TPSA) is 42.2 Å². The number of hydrogen-bond donors (Lipinski definition) is 1. The minimum Gasteiger partial charge on any atom is -0.314 e. The Hall–Kier alpha value is -1.42. The van der Waals surface area contributed by atoms with Crippen LogP contribution in [0.5, 0.6) is 0 Å². The van der Waals surface area contributed by atoms with Crippen molar-refractivity contribution in [2.75, 3.05) is 7.05 Å². The van der Waals surface area contributed by atoms with E-state index in [1.54, 1.807) is 10.7 Å². The normalized spacial score (nSPS) is 12.2. The highest BCUT2D eigenvalue weighted by atomic mass is 15.2. The standard InChI is InChI=1S/C11H16N4/c1-11(2,12-3)6-9-7-13-10-4-5-14-15(10)8-9/h4-5,7-8,12H,6H2,1-3H3. The number of likely N-dealkylation sites (N-methyl/N-ethyl adjacent to an activating group) is 1. The maximum absolute atomic E-state index is 4.33. The summed E-state index contributed by atoms with van der Waals surface area (Å²) < 4.78 is 1.81. The summed E-state index contributed by atoms with van der Waals surface area (Å²) in [5.74, 6) is 0. The summed E-state index contributed by atoms with van der Waals surface area (Å²) in [6, 6.07) is 1.90. The molecule has 0 amide bonds. The molecule has 2 heterocycles. The van der Waals surface area contributed by atoms with Crippen molar-refractivity contribution in [3.63, 3.8) is 0 Å². The zero-order chi connectivity index (χ0) is 10.9. The lowest BCUT2D eigenvalue weighted by Crippen LogP contribution is -2.38. The number of rotatable bonds is 3. The number of fused-ring (bicyclic) bond motifs is 1. The summed E-state index contributed by atoms with van der Waals surface area (Å²) in [5, 5.41) is 7.44. The smallest absolute Gasteiger partial charge is 0.154 e. The van der Waals surface area contributed by atoms with Gasteiger partial charge in [0.05, 0.1) is 6.20 Å². The Balaban J connectivity index is 2.28. The van der Waals surface area contributed by atoms with Gasteiger partial charge in [-0.15, -0.1) is 0 Å². The first-order valence-corrected chi connectivity index (χ1v) is 5.08. The van der Waals surface area contributed by atoms with E-state index >= 15 is 0 Å². The van der Waals surface area contributed by atoms with Crippen LogP contribution < -0.4 is 5.32 Å². The minimum absolute atomic E-state index is 0.0858. The quantitative estimate of drug-likeness (QED) is 0.818. The van der Waals surface area contributed by atoms with Crippen LogP contribution in [0.25, 0.3) is 5.65 Å². The molecule has 0 aliphatic heterocycles. The molecule has 15 heavy (non-hydrogen) atoms. The molecule has 0 spiro atoms. The fourth-order valence-electron chi connectivity index (χ4n) is 1.54. The summed E-state index contributed by atoms with van der Waals surface area (Å²) in [7, 11) is 1.97. The van der Waals surface area contributed by atoms with Gasteiger partial charge in [-0.1, -0.05) is 0 Å². The highest BCUT2D eigenvalue weighted by molar-refractivity contribution is 5.36. The maximum Gasteiger partial charge on any atom is 0.154 e. The van der Waals surface area contributed by atoms with Gasteiger partial charge in [0.25, 0.3) is 0 Å². The molecule has 4 heteroatoms. The molecule has 0 saturated carbocycles. The summed E-state index contributed by atoms with van der Waals surface area (Å²) in [6.45, 7) is 4.33. The van der Waals surface area contributed by atoms with Gasteiger partial charge >= 0.3 is 0 Å². The Morgan fingerprint density at radius 1 is 1.47 bits per heavy atom. The van der Waals surface area contributed by atoms with Gasteiger partial charge in [-0.25, -0.2) is 9.50 Å². The van der Waals surface area contributed by atoms with Gasteiger partial charge < -0.3 is 5.32 Å². The average molecular weight is 204 g/mol. The summed E-state index contributed by atoms with van der Waals surface area (Å²) in [5.41, 5.74) is 2.16. The third-order valence-corrected chi connectivity index (χ3v) is 2.62. The highest BCUT2D eigenvalue weighted by Gasteiger charge is 2.15. The fourth-order valence-corrected chi connectivity index (χ4v) is 1.54. The van der Waals surface area contributed by atoms with E-state index < -0.39 is 0 Å². The van der Waals surface area contributed by atoms with Crippen LogP contribution in [-0.4, -0.2) is 27.2 Å². The van der Waals surface area contributed by atoms with Crippen molar-refractivity contribution in [3.8, 4) is 0 Å². The van der Waals surface area contributed by atoms with Crippen LogP contribution in [0, 0.1) is 0 Å². The molecule has 0 radical (unpaired) electrons. The van der Waals surface area contributed by atoms with Crippen LogP contribution in [-0.2, 0) is 6.42 Å². The van der Waals surface area contributed by atoms with Gasteiger partial charge in [0, 0.05) is 24.0 Å². The number of nitrogens with zero attached hydrogens (tertiary/aromatic N) is 3. The van der Waals surface area contributed by atoms with E-state index in [0.717, 1.165) is 12.1 Å². The molecular weight excluding hydrogens is 188 g/mol. The Labute approximate surface area is 89.3 Å². The molecule has 4 nitrogen and oxygen atoms in total. The second-order valence-electron chi connectivity index (χ2n) is 4.41. The van der Waals surface area contributed by atoms with Gasteiger partial charge in [-0.05, 0) is 32.9 Å². The molecule has 2 aromatic rings. The van der Waals surface area contributed by atoms with Gasteiger partial charge in [-0.2, -0.15) is 5.10 Å². The SMILES string of the molecule is CNC(C)(C)Cc1cnc2ccnn2c1. The lowest BCUT2D eigenvalue weighted by Gasteiger charge is -2.23. The van der Waals surface area contributed by atoms with Gasteiger partial charge in [0.15, 0.2) is 5.65 Å². The monoisotopic (exact) mass is 204 g/mol. The highest BCUT2D eigenvalue weighted by Crippen LogP contribution is 2.11. The van der Waals surface area contributed by atoms with Crippen molar-refractivity contribution >= 4 is 5.65 Å². The number of hydrogen-bond acceptors (Lipinski definition) is 3. The van der Waals surface area contributed by atoms with Gasteiger partial charge in [0.1, 0.15) is 0 Å². The van der Waals surface area contributed by atoms with Crippen LogP contribution >= 0.6 is 0 Å². The summed E-state index contributed by atoms with van der Waals surface area (Å²) >= 11 is 0. The molecule has 0 fully saturated rings. The van der Waals surface area contributed by atoms with Crippen LogP contribution in [0.15, 0.2) is 24.7 Å². The summed E-state index contributed by atoms with van der Waals surface area (Å²) in [4.78, 5) is 4.33. The van der Waals surface area contributed by atoms with Crippen molar-refractivity contribution in [1.82, 2.24) is 19.9 Å². The van der Waals surface area contributed by atoms with Crippen molar-refractivity contribution < 1.29 is 0 Å². The second kappa shape index (κ2) is 3.62. The third kappa shape index (κ3) is 2.15. The van der Waals surface area contributed by atoms with Crippen LogP contribution in [0.4, 0.5) is 0 Å². The first-order valence-electron chi connectivity index (χ1n) is 5.08. The van der Waals surface area contributed by atoms with E-state index in [0.29, 0.717) is 0 Å². The third-order valence-electron chi connectivity index (χ3n) is 2.62. The zero-order valence-corrected chi connectivity index (χ0v) is 9.36. The van der Waals surface area contributed by atoms with E-state index in [9.17, 15) is 0 Å². The Kier molecular flexibility index (Phi) is 2.44. The molecule has 0 unspecified atom stereocenters. The van der Waals surface area contributed by atoms with E-state index in [1.807, 2.05) is 25.5 Å². The van der Waals surface area contributed by atoms with Crippen LogP contribution in [0.3, 0.4) is 0 Å². The van der Waals surface area contributed by atoms with Crippen molar-refractivity contribution in [3.05, 3.63) is 30.2 Å². The Morgan fingerprint density at radius 3 is 3.00 bits per heavy atom. The number of aromatic nitrogens is 3. The van der Waals surface area contributed by atoms with Crippen LogP contribution in [0.2, 0.25) is 0 Å². The largest absolute Gasteiger partial charge is 0.314 e. The predicted octanol–water partition coefficient (Wildman–Crippen LogP) is 1.27.